The summed E-state index contributed by atoms with van der Waals surface area (Å²) in [6, 6.07) is 19.3. The monoisotopic (exact) mass is 541 g/mol. The molecular weight excluding hydrogens is 505 g/mol. The van der Waals surface area contributed by atoms with Gasteiger partial charge in [-0.05, 0) is 86.6 Å². The van der Waals surface area contributed by atoms with E-state index in [0.29, 0.717) is 23.7 Å². The Morgan fingerprint density at radius 2 is 1.68 bits per heavy atom. The van der Waals surface area contributed by atoms with E-state index >= 15 is 0 Å². The lowest BCUT2D eigenvalue weighted by Gasteiger charge is -2.32. The van der Waals surface area contributed by atoms with Crippen molar-refractivity contribution in [1.29, 1.82) is 0 Å². The highest BCUT2D eigenvalue weighted by molar-refractivity contribution is 6.04. The Balaban J connectivity index is 1.19. The van der Waals surface area contributed by atoms with Gasteiger partial charge in [-0.3, -0.25) is 4.79 Å². The van der Waals surface area contributed by atoms with E-state index in [-0.39, 0.29) is 11.7 Å². The van der Waals surface area contributed by atoms with Crippen LogP contribution in [0.25, 0.3) is 10.9 Å². The Morgan fingerprint density at radius 3 is 2.42 bits per heavy atom. The van der Waals surface area contributed by atoms with Crippen molar-refractivity contribution >= 4 is 34.3 Å². The molecule has 4 aromatic rings. The largest absolute Gasteiger partial charge is 0.365 e. The van der Waals surface area contributed by atoms with Gasteiger partial charge in [0.1, 0.15) is 11.6 Å². The Labute approximate surface area is 234 Å². The number of rotatable bonds is 10. The van der Waals surface area contributed by atoms with Crippen LogP contribution >= 0.6 is 0 Å². The van der Waals surface area contributed by atoms with Gasteiger partial charge in [0.2, 0.25) is 5.95 Å². The Kier molecular flexibility index (Phi) is 8.83. The summed E-state index contributed by atoms with van der Waals surface area (Å²) in [5, 5.41) is 10.7. The fourth-order valence-electron chi connectivity index (χ4n) is 4.72. The van der Waals surface area contributed by atoms with E-state index in [0.717, 1.165) is 73.5 Å². The van der Waals surface area contributed by atoms with Crippen molar-refractivity contribution in [2.75, 3.05) is 62.3 Å². The highest BCUT2D eigenvalue weighted by atomic mass is 19.1. The molecule has 1 aliphatic heterocycles. The van der Waals surface area contributed by atoms with E-state index in [1.165, 1.54) is 24.3 Å². The van der Waals surface area contributed by atoms with Crippen LogP contribution in [0.15, 0.2) is 66.7 Å². The minimum Gasteiger partial charge on any atom is -0.365 e. The maximum Gasteiger partial charge on any atom is 0.255 e. The van der Waals surface area contributed by atoms with Gasteiger partial charge in [0.15, 0.2) is 0 Å². The number of aryl methyl sites for hydroxylation is 1. The van der Waals surface area contributed by atoms with E-state index in [1.54, 1.807) is 0 Å². The number of nitrogens with zero attached hydrogens (tertiary/aromatic N) is 4. The molecule has 9 heteroatoms. The quantitative estimate of drug-likeness (QED) is 0.244. The summed E-state index contributed by atoms with van der Waals surface area (Å²) in [4.78, 5) is 26.9. The standard InChI is InChI=1S/C31H36FN7O/c1-22-4-13-27-28(20-22)36-31(33-14-3-15-39-18-16-38(2)17-19-39)37-29(27)34-21-23-5-11-26(12-6-23)35-30(40)24-7-9-25(32)10-8-24/h4-13,20H,3,14-19,21H2,1-2H3,(H,35,40)(H2,33,34,36,37). The lowest BCUT2D eigenvalue weighted by Crippen LogP contribution is -2.44. The molecule has 8 nitrogen and oxygen atoms in total. The van der Waals surface area contributed by atoms with Gasteiger partial charge in [-0.15, -0.1) is 0 Å². The lowest BCUT2D eigenvalue weighted by molar-refractivity contribution is 0.102. The minimum atomic E-state index is -0.371. The molecule has 0 radical (unpaired) electrons. The van der Waals surface area contributed by atoms with Crippen LogP contribution in [0.2, 0.25) is 0 Å². The van der Waals surface area contributed by atoms with E-state index in [2.05, 4.69) is 57.9 Å². The van der Waals surface area contributed by atoms with Gasteiger partial charge in [-0.2, -0.15) is 4.98 Å². The molecule has 208 valence electrons. The first-order valence-electron chi connectivity index (χ1n) is 13.8. The van der Waals surface area contributed by atoms with Crippen molar-refractivity contribution in [3.63, 3.8) is 0 Å². The molecular formula is C31H36FN7O. The molecule has 0 aliphatic carbocycles. The number of halogens is 1. The molecule has 0 unspecified atom stereocenters. The van der Waals surface area contributed by atoms with Crippen molar-refractivity contribution < 1.29 is 9.18 Å². The zero-order valence-electron chi connectivity index (χ0n) is 23.1. The molecule has 1 saturated heterocycles. The summed E-state index contributed by atoms with van der Waals surface area (Å²) in [6.45, 7) is 9.01. The van der Waals surface area contributed by atoms with Gasteiger partial charge in [0.25, 0.3) is 5.91 Å². The summed E-state index contributed by atoms with van der Waals surface area (Å²) in [7, 11) is 2.18. The summed E-state index contributed by atoms with van der Waals surface area (Å²) in [6.07, 6.45) is 1.03. The number of aromatic nitrogens is 2. The molecule has 0 saturated carbocycles. The number of nitrogens with one attached hydrogen (secondary N) is 3. The number of anilines is 3. The van der Waals surface area contributed by atoms with Crippen LogP contribution in [-0.4, -0.2) is 72.0 Å². The van der Waals surface area contributed by atoms with E-state index in [1.807, 2.05) is 24.3 Å². The highest BCUT2D eigenvalue weighted by Crippen LogP contribution is 2.24. The number of amides is 1. The molecule has 5 rings (SSSR count). The van der Waals surface area contributed by atoms with Gasteiger partial charge < -0.3 is 25.8 Å². The van der Waals surface area contributed by atoms with Crippen molar-refractivity contribution in [3.8, 4) is 0 Å². The third-order valence-corrected chi connectivity index (χ3v) is 7.16. The maximum absolute atomic E-state index is 13.1. The Bertz CT molecular complexity index is 1440. The van der Waals surface area contributed by atoms with Crippen LogP contribution < -0.4 is 16.0 Å². The minimum absolute atomic E-state index is 0.280. The zero-order valence-corrected chi connectivity index (χ0v) is 23.1. The van der Waals surface area contributed by atoms with Crippen LogP contribution in [0, 0.1) is 12.7 Å². The SMILES string of the molecule is Cc1ccc2c(NCc3ccc(NC(=O)c4ccc(F)cc4)cc3)nc(NCCCN3CCN(C)CC3)nc2c1. The second-order valence-corrected chi connectivity index (χ2v) is 10.4. The van der Waals surface area contributed by atoms with Crippen molar-refractivity contribution in [3.05, 3.63) is 89.2 Å². The van der Waals surface area contributed by atoms with Crippen molar-refractivity contribution in [1.82, 2.24) is 19.8 Å². The summed E-state index contributed by atoms with van der Waals surface area (Å²) < 4.78 is 13.1. The van der Waals surface area contributed by atoms with Crippen LogP contribution in [-0.2, 0) is 6.54 Å². The van der Waals surface area contributed by atoms with Crippen molar-refractivity contribution in [2.45, 2.75) is 19.9 Å². The Morgan fingerprint density at radius 1 is 0.925 bits per heavy atom. The predicted octanol–water partition coefficient (Wildman–Crippen LogP) is 4.99. The summed E-state index contributed by atoms with van der Waals surface area (Å²) >= 11 is 0. The van der Waals surface area contributed by atoms with Gasteiger partial charge in [-0.1, -0.05) is 18.2 Å². The smallest absolute Gasteiger partial charge is 0.255 e. The summed E-state index contributed by atoms with van der Waals surface area (Å²) in [5.41, 5.74) is 4.17. The predicted molar refractivity (Wildman–Crippen MR) is 159 cm³/mol. The zero-order chi connectivity index (χ0) is 27.9. The third kappa shape index (κ3) is 7.31. The molecule has 0 bridgehead atoms. The second kappa shape index (κ2) is 12.8. The number of benzene rings is 3. The molecule has 0 atom stereocenters. The average molecular weight is 542 g/mol. The van der Waals surface area contributed by atoms with Crippen molar-refractivity contribution in [2.24, 2.45) is 0 Å². The molecule has 1 fully saturated rings. The molecule has 3 N–H and O–H groups in total. The number of carbonyl (C=O) groups excluding carboxylic acids is 1. The van der Waals surface area contributed by atoms with E-state index in [4.69, 9.17) is 9.97 Å². The first-order valence-corrected chi connectivity index (χ1v) is 13.8. The second-order valence-electron chi connectivity index (χ2n) is 10.4. The molecule has 1 aromatic heterocycles. The Hall–Kier alpha value is -4.08. The average Bonchev–Trinajstić information content (AvgIpc) is 2.96. The van der Waals surface area contributed by atoms with Crippen LogP contribution in [0.3, 0.4) is 0 Å². The summed E-state index contributed by atoms with van der Waals surface area (Å²) in [5.74, 6) is 0.749. The fourth-order valence-corrected chi connectivity index (χ4v) is 4.72. The fraction of sp³-hybridized carbons (Fsp3) is 0.323. The van der Waals surface area contributed by atoms with Crippen LogP contribution in [0.5, 0.6) is 0 Å². The molecule has 2 heterocycles. The van der Waals surface area contributed by atoms with Gasteiger partial charge >= 0.3 is 0 Å². The number of likely N-dealkylation sites (N-methyl/N-ethyl adjacent to an activating group) is 1. The molecule has 0 spiro atoms. The number of fused-ring (bicyclic) bond motifs is 1. The van der Waals surface area contributed by atoms with Gasteiger partial charge in [0, 0.05) is 55.9 Å². The van der Waals surface area contributed by atoms with Crippen LogP contribution in [0.4, 0.5) is 21.8 Å². The number of carbonyl (C=O) groups is 1. The van der Waals surface area contributed by atoms with Gasteiger partial charge in [0.05, 0.1) is 5.52 Å². The van der Waals surface area contributed by atoms with Gasteiger partial charge in [-0.25, -0.2) is 9.37 Å². The molecule has 40 heavy (non-hydrogen) atoms. The molecule has 1 aliphatic rings. The number of hydrogen-bond donors (Lipinski definition) is 3. The highest BCUT2D eigenvalue weighted by Gasteiger charge is 2.13. The number of piperazine rings is 1. The molecule has 3 aromatic carbocycles. The molecule has 1 amide bonds. The van der Waals surface area contributed by atoms with E-state index in [9.17, 15) is 9.18 Å². The first-order chi connectivity index (χ1) is 19.4. The first kappa shape index (κ1) is 27.5. The topological polar surface area (TPSA) is 85.4 Å². The maximum atomic E-state index is 13.1. The normalized spacial score (nSPS) is 14.3. The van der Waals surface area contributed by atoms with E-state index < -0.39 is 0 Å². The third-order valence-electron chi connectivity index (χ3n) is 7.16. The lowest BCUT2D eigenvalue weighted by atomic mass is 10.1. The number of hydrogen-bond acceptors (Lipinski definition) is 7. The van der Waals surface area contributed by atoms with Crippen LogP contribution in [0.1, 0.15) is 27.9 Å².